The summed E-state index contributed by atoms with van der Waals surface area (Å²) >= 11 is 0. The molecule has 0 aliphatic heterocycles. The van der Waals surface area contributed by atoms with Gasteiger partial charge in [-0.25, -0.2) is 4.79 Å². The van der Waals surface area contributed by atoms with Crippen LogP contribution in [0, 0.1) is 11.3 Å². The highest BCUT2D eigenvalue weighted by molar-refractivity contribution is 5.99. The Kier molecular flexibility index (Phi) is 5.54. The maximum atomic E-state index is 12.5. The first-order valence-electron chi connectivity index (χ1n) is 8.09. The highest BCUT2D eigenvalue weighted by atomic mass is 16.4. The van der Waals surface area contributed by atoms with E-state index in [-0.39, 0.29) is 30.1 Å². The number of carboxylic acid groups (broad SMARTS) is 2. The lowest BCUT2D eigenvalue weighted by Gasteiger charge is -2.35. The van der Waals surface area contributed by atoms with Crippen molar-refractivity contribution in [3.05, 3.63) is 48.0 Å². The van der Waals surface area contributed by atoms with E-state index in [0.717, 1.165) is 18.4 Å². The number of carbonyl (C=O) groups excluding carboxylic acids is 1. The molecule has 0 saturated heterocycles. The molecule has 1 aliphatic carbocycles. The second-order valence-electron chi connectivity index (χ2n) is 6.42. The molecule has 0 heterocycles. The third-order valence-electron chi connectivity index (χ3n) is 4.95. The van der Waals surface area contributed by atoms with E-state index in [1.165, 1.54) is 0 Å². The molecule has 128 valence electrons. The molecule has 2 rings (SSSR count). The van der Waals surface area contributed by atoms with Crippen LogP contribution in [0.5, 0.6) is 0 Å². The smallest absolute Gasteiger partial charge is 0.332 e. The highest BCUT2D eigenvalue weighted by Gasteiger charge is 2.52. The molecule has 0 bridgehead atoms. The van der Waals surface area contributed by atoms with Crippen LogP contribution in [0.25, 0.3) is 0 Å². The summed E-state index contributed by atoms with van der Waals surface area (Å²) in [4.78, 5) is 36.1. The van der Waals surface area contributed by atoms with Gasteiger partial charge in [0.1, 0.15) is 11.2 Å². The van der Waals surface area contributed by atoms with Crippen molar-refractivity contribution in [3.63, 3.8) is 0 Å². The second-order valence-corrected chi connectivity index (χ2v) is 6.42. The van der Waals surface area contributed by atoms with Gasteiger partial charge in [-0.15, -0.1) is 0 Å². The second kappa shape index (κ2) is 7.43. The summed E-state index contributed by atoms with van der Waals surface area (Å²) in [7, 11) is 0. The van der Waals surface area contributed by atoms with Gasteiger partial charge in [-0.05, 0) is 24.3 Å². The van der Waals surface area contributed by atoms with Gasteiger partial charge < -0.3 is 10.2 Å². The zero-order chi connectivity index (χ0) is 17.7. The van der Waals surface area contributed by atoms with Crippen LogP contribution >= 0.6 is 0 Å². The molecule has 24 heavy (non-hydrogen) atoms. The molecule has 5 heteroatoms. The van der Waals surface area contributed by atoms with E-state index in [4.69, 9.17) is 0 Å². The van der Waals surface area contributed by atoms with Gasteiger partial charge in [-0.1, -0.05) is 49.8 Å². The average molecular weight is 330 g/mol. The number of rotatable bonds is 8. The summed E-state index contributed by atoms with van der Waals surface area (Å²) in [5, 5.41) is 19.2. The minimum atomic E-state index is -1.71. The molecule has 0 spiro atoms. The summed E-state index contributed by atoms with van der Waals surface area (Å²) in [5.74, 6) is -3.25. The van der Waals surface area contributed by atoms with Crippen LogP contribution in [-0.4, -0.2) is 27.9 Å². The molecule has 1 saturated carbocycles. The van der Waals surface area contributed by atoms with Gasteiger partial charge in [0.05, 0.1) is 0 Å². The number of hydrogen-bond acceptors (Lipinski definition) is 3. The number of benzene rings is 1. The number of aliphatic carboxylic acids is 2. The minimum absolute atomic E-state index is 0.0927. The fraction of sp³-hybridized carbons (Fsp3) is 0.421. The summed E-state index contributed by atoms with van der Waals surface area (Å²) in [6.07, 6.45) is 2.68. The summed E-state index contributed by atoms with van der Waals surface area (Å²) in [6.45, 7) is 3.52. The van der Waals surface area contributed by atoms with Crippen molar-refractivity contribution in [1.82, 2.24) is 0 Å². The first-order valence-corrected chi connectivity index (χ1v) is 8.09. The zero-order valence-corrected chi connectivity index (χ0v) is 13.5. The van der Waals surface area contributed by atoms with Crippen molar-refractivity contribution in [2.75, 3.05) is 0 Å². The Bertz CT molecular complexity index is 643. The average Bonchev–Trinajstić information content (AvgIpc) is 3.07. The molecular formula is C19H22O5. The Morgan fingerprint density at radius 2 is 1.67 bits per heavy atom. The van der Waals surface area contributed by atoms with Gasteiger partial charge in [0.25, 0.3) is 0 Å². The summed E-state index contributed by atoms with van der Waals surface area (Å²) in [6, 6.07) is 9.03. The van der Waals surface area contributed by atoms with Crippen molar-refractivity contribution in [2.24, 2.45) is 11.3 Å². The Morgan fingerprint density at radius 1 is 1.08 bits per heavy atom. The highest BCUT2D eigenvalue weighted by Crippen LogP contribution is 2.47. The maximum Gasteiger partial charge on any atom is 0.332 e. The van der Waals surface area contributed by atoms with Crippen molar-refractivity contribution in [2.45, 2.75) is 38.5 Å². The SMILES string of the molecule is C=C(C(=O)O)C(CC(=O)Cc1ccccc1)(C(=O)O)C1CCCC1. The van der Waals surface area contributed by atoms with Gasteiger partial charge in [0, 0.05) is 18.4 Å². The van der Waals surface area contributed by atoms with Gasteiger partial charge in [0.2, 0.25) is 0 Å². The molecule has 1 aromatic carbocycles. The quantitative estimate of drug-likeness (QED) is 0.715. The van der Waals surface area contributed by atoms with Crippen LogP contribution in [-0.2, 0) is 20.8 Å². The van der Waals surface area contributed by atoms with E-state index >= 15 is 0 Å². The van der Waals surface area contributed by atoms with E-state index in [2.05, 4.69) is 6.58 Å². The molecular weight excluding hydrogens is 308 g/mol. The molecule has 0 amide bonds. The van der Waals surface area contributed by atoms with Crippen molar-refractivity contribution in [1.29, 1.82) is 0 Å². The number of hydrogen-bond donors (Lipinski definition) is 2. The lowest BCUT2D eigenvalue weighted by atomic mass is 9.66. The lowest BCUT2D eigenvalue weighted by Crippen LogP contribution is -2.43. The zero-order valence-electron chi connectivity index (χ0n) is 13.5. The third-order valence-corrected chi connectivity index (χ3v) is 4.95. The molecule has 0 aromatic heterocycles. The molecule has 1 unspecified atom stereocenters. The lowest BCUT2D eigenvalue weighted by molar-refractivity contribution is -0.155. The minimum Gasteiger partial charge on any atom is -0.481 e. The Hall–Kier alpha value is -2.43. The number of ketones is 1. The van der Waals surface area contributed by atoms with Crippen LogP contribution in [0.2, 0.25) is 0 Å². The molecule has 1 atom stereocenters. The van der Waals surface area contributed by atoms with Gasteiger partial charge in [-0.2, -0.15) is 0 Å². The predicted molar refractivity (Wildman–Crippen MR) is 88.6 cm³/mol. The van der Waals surface area contributed by atoms with Crippen molar-refractivity contribution in [3.8, 4) is 0 Å². The largest absolute Gasteiger partial charge is 0.481 e. The van der Waals surface area contributed by atoms with Crippen LogP contribution in [0.15, 0.2) is 42.5 Å². The molecule has 2 N–H and O–H groups in total. The van der Waals surface area contributed by atoms with E-state index in [1.807, 2.05) is 6.07 Å². The predicted octanol–water partition coefficient (Wildman–Crippen LogP) is 3.09. The third kappa shape index (κ3) is 3.55. The van der Waals surface area contributed by atoms with Crippen LogP contribution in [0.4, 0.5) is 0 Å². The van der Waals surface area contributed by atoms with Crippen molar-refractivity contribution >= 4 is 17.7 Å². The van der Waals surface area contributed by atoms with Crippen LogP contribution < -0.4 is 0 Å². The fourth-order valence-electron chi connectivity index (χ4n) is 3.68. The van der Waals surface area contributed by atoms with E-state index < -0.39 is 17.4 Å². The van der Waals surface area contributed by atoms with E-state index in [1.54, 1.807) is 24.3 Å². The summed E-state index contributed by atoms with van der Waals surface area (Å²) in [5.41, 5.74) is -1.31. The first kappa shape index (κ1) is 17.9. The van der Waals surface area contributed by atoms with Crippen LogP contribution in [0.1, 0.15) is 37.7 Å². The van der Waals surface area contributed by atoms with E-state index in [0.29, 0.717) is 12.8 Å². The summed E-state index contributed by atoms with van der Waals surface area (Å²) < 4.78 is 0. The number of carboxylic acids is 2. The van der Waals surface area contributed by atoms with Gasteiger partial charge in [0.15, 0.2) is 0 Å². The van der Waals surface area contributed by atoms with Crippen molar-refractivity contribution < 1.29 is 24.6 Å². The van der Waals surface area contributed by atoms with Gasteiger partial charge >= 0.3 is 11.9 Å². The Labute approximate surface area is 141 Å². The van der Waals surface area contributed by atoms with Crippen LogP contribution in [0.3, 0.4) is 0 Å². The van der Waals surface area contributed by atoms with E-state index in [9.17, 15) is 24.6 Å². The number of carbonyl (C=O) groups is 3. The topological polar surface area (TPSA) is 91.7 Å². The van der Waals surface area contributed by atoms with Gasteiger partial charge in [-0.3, -0.25) is 9.59 Å². The molecule has 1 fully saturated rings. The molecule has 1 aliphatic rings. The standard InChI is InChI=1S/C19H22O5/c1-13(17(21)22)19(18(23)24,15-9-5-6-10-15)12-16(20)11-14-7-3-2-4-8-14/h2-4,7-8,15H,1,5-6,9-12H2,(H,21,22)(H,23,24). The molecule has 5 nitrogen and oxygen atoms in total. The molecule has 0 radical (unpaired) electrons. The first-order chi connectivity index (χ1) is 11.4. The number of Topliss-reactive ketones (excluding diaryl/α,β-unsaturated/α-hetero) is 1. The normalized spacial score (nSPS) is 17.2. The fourth-order valence-corrected chi connectivity index (χ4v) is 3.68. The molecule has 1 aromatic rings. The monoisotopic (exact) mass is 330 g/mol. The maximum absolute atomic E-state index is 12.5. The Balaban J connectivity index is 2.30. The Morgan fingerprint density at radius 3 is 2.17 bits per heavy atom.